The molecule has 1 heterocycles. The Labute approximate surface area is 133 Å². The first-order valence-electron chi connectivity index (χ1n) is 7.33. The maximum Gasteiger partial charge on any atom is 0.308 e. The van der Waals surface area contributed by atoms with Gasteiger partial charge in [-0.15, -0.1) is 0 Å². The second-order valence-electron chi connectivity index (χ2n) is 5.51. The van der Waals surface area contributed by atoms with E-state index >= 15 is 0 Å². The van der Waals surface area contributed by atoms with E-state index in [1.807, 2.05) is 54.8 Å². The van der Waals surface area contributed by atoms with Crippen LogP contribution in [0.15, 0.2) is 40.8 Å². The Morgan fingerprint density at radius 2 is 2.14 bits per heavy atom. The largest absolute Gasteiger partial charge is 0.376 e. The van der Waals surface area contributed by atoms with Crippen LogP contribution in [0.1, 0.15) is 18.9 Å². The number of rotatable bonds is 3. The standard InChI is InChI=1S/C17H19N3OS/c1-4-20-16-12(8-6-10-14(16)22-17(20)21)11-7-5-9-13(18)15(11)19(2)3/h5-8,10,18H,4,9H2,1-3H3. The van der Waals surface area contributed by atoms with Crippen LogP contribution >= 0.6 is 11.3 Å². The zero-order valence-electron chi connectivity index (χ0n) is 13.0. The highest BCUT2D eigenvalue weighted by molar-refractivity contribution is 7.16. The molecule has 4 nitrogen and oxygen atoms in total. The summed E-state index contributed by atoms with van der Waals surface area (Å²) in [5.74, 6) is 0. The number of aromatic nitrogens is 1. The van der Waals surface area contributed by atoms with E-state index in [1.54, 1.807) is 0 Å². The molecule has 0 atom stereocenters. The average Bonchev–Trinajstić information content (AvgIpc) is 2.81. The van der Waals surface area contributed by atoms with Gasteiger partial charge in [-0.3, -0.25) is 9.36 Å². The zero-order chi connectivity index (χ0) is 15.9. The van der Waals surface area contributed by atoms with Gasteiger partial charge >= 0.3 is 4.87 Å². The van der Waals surface area contributed by atoms with Crippen molar-refractivity contribution in [3.8, 4) is 0 Å². The number of thiazole rings is 1. The van der Waals surface area contributed by atoms with Crippen LogP contribution in [0.2, 0.25) is 0 Å². The van der Waals surface area contributed by atoms with E-state index in [-0.39, 0.29) is 4.87 Å². The Kier molecular flexibility index (Phi) is 3.74. The highest BCUT2D eigenvalue weighted by Crippen LogP contribution is 2.32. The molecule has 0 fully saturated rings. The van der Waals surface area contributed by atoms with Crippen LogP contribution in [0.4, 0.5) is 0 Å². The Morgan fingerprint density at radius 3 is 2.82 bits per heavy atom. The van der Waals surface area contributed by atoms with Crippen molar-refractivity contribution in [1.29, 1.82) is 5.41 Å². The molecule has 0 unspecified atom stereocenters. The second-order valence-corrected chi connectivity index (χ2v) is 6.50. The normalized spacial score (nSPS) is 15.0. The maximum absolute atomic E-state index is 12.2. The number of allylic oxidation sites excluding steroid dienone is 4. The monoisotopic (exact) mass is 313 g/mol. The number of fused-ring (bicyclic) bond motifs is 1. The lowest BCUT2D eigenvalue weighted by atomic mass is 9.94. The summed E-state index contributed by atoms with van der Waals surface area (Å²) in [6.07, 6.45) is 4.74. The van der Waals surface area contributed by atoms with Gasteiger partial charge in [0.1, 0.15) is 0 Å². The fourth-order valence-corrected chi connectivity index (χ4v) is 3.97. The molecule has 1 aliphatic carbocycles. The van der Waals surface area contributed by atoms with Crippen molar-refractivity contribution in [2.45, 2.75) is 19.9 Å². The van der Waals surface area contributed by atoms with E-state index in [0.717, 1.165) is 27.1 Å². The summed E-state index contributed by atoms with van der Waals surface area (Å²) in [6, 6.07) is 6.02. The quantitative estimate of drug-likeness (QED) is 0.945. The highest BCUT2D eigenvalue weighted by Gasteiger charge is 2.20. The first-order chi connectivity index (χ1) is 10.5. The summed E-state index contributed by atoms with van der Waals surface area (Å²) in [5.41, 5.74) is 4.57. The minimum absolute atomic E-state index is 0.0758. The Bertz CT molecular complexity index is 868. The van der Waals surface area contributed by atoms with Gasteiger partial charge in [0.05, 0.1) is 21.6 Å². The minimum Gasteiger partial charge on any atom is -0.376 e. The highest BCUT2D eigenvalue weighted by atomic mass is 32.1. The number of hydrogen-bond acceptors (Lipinski definition) is 4. The molecule has 114 valence electrons. The molecule has 0 spiro atoms. The predicted molar refractivity (Wildman–Crippen MR) is 93.8 cm³/mol. The number of nitrogens with zero attached hydrogens (tertiary/aromatic N) is 2. The second kappa shape index (κ2) is 5.57. The lowest BCUT2D eigenvalue weighted by molar-refractivity contribution is 0.539. The van der Waals surface area contributed by atoms with Crippen molar-refractivity contribution in [2.75, 3.05) is 14.1 Å². The molecule has 5 heteroatoms. The first kappa shape index (κ1) is 14.8. The summed E-state index contributed by atoms with van der Waals surface area (Å²) in [7, 11) is 3.92. The van der Waals surface area contributed by atoms with Crippen LogP contribution in [-0.4, -0.2) is 29.3 Å². The van der Waals surface area contributed by atoms with Crippen LogP contribution in [0.5, 0.6) is 0 Å². The van der Waals surface area contributed by atoms with Crippen molar-refractivity contribution in [3.05, 3.63) is 51.3 Å². The maximum atomic E-state index is 12.2. The number of para-hydroxylation sites is 1. The van der Waals surface area contributed by atoms with E-state index in [0.29, 0.717) is 18.7 Å². The summed E-state index contributed by atoms with van der Waals surface area (Å²) in [5, 5.41) is 8.25. The number of hydrogen-bond donors (Lipinski definition) is 1. The molecule has 1 N–H and O–H groups in total. The molecule has 1 aromatic heterocycles. The Hall–Kier alpha value is -2.14. The fraction of sp³-hybridized carbons (Fsp3) is 0.294. The molecule has 0 amide bonds. The number of nitrogens with one attached hydrogen (secondary N) is 1. The van der Waals surface area contributed by atoms with Gasteiger partial charge < -0.3 is 10.3 Å². The Morgan fingerprint density at radius 1 is 1.36 bits per heavy atom. The molecule has 0 radical (unpaired) electrons. The smallest absolute Gasteiger partial charge is 0.308 e. The molecule has 0 saturated carbocycles. The molecule has 2 aromatic rings. The SMILES string of the molecule is CCn1c(=O)sc2cccc(C3=C(N(C)C)C(=N)CC=C3)c21. The molecular weight excluding hydrogens is 294 g/mol. The van der Waals surface area contributed by atoms with Crippen molar-refractivity contribution >= 4 is 32.8 Å². The molecule has 3 rings (SSSR count). The summed E-state index contributed by atoms with van der Waals surface area (Å²) < 4.78 is 2.82. The number of aryl methyl sites for hydroxylation is 1. The van der Waals surface area contributed by atoms with Gasteiger partial charge in [0.2, 0.25) is 0 Å². The third kappa shape index (κ3) is 2.22. The third-order valence-corrected chi connectivity index (χ3v) is 4.83. The molecule has 0 saturated heterocycles. The van der Waals surface area contributed by atoms with Crippen LogP contribution < -0.4 is 4.87 Å². The van der Waals surface area contributed by atoms with Crippen molar-refractivity contribution in [1.82, 2.24) is 9.47 Å². The zero-order valence-corrected chi connectivity index (χ0v) is 13.8. The van der Waals surface area contributed by atoms with Crippen LogP contribution in [0.3, 0.4) is 0 Å². The van der Waals surface area contributed by atoms with Crippen molar-refractivity contribution in [2.24, 2.45) is 0 Å². The van der Waals surface area contributed by atoms with Crippen molar-refractivity contribution in [3.63, 3.8) is 0 Å². The van der Waals surface area contributed by atoms with Gasteiger partial charge in [-0.2, -0.15) is 0 Å². The topological polar surface area (TPSA) is 49.1 Å². The minimum atomic E-state index is 0.0758. The fourth-order valence-electron chi connectivity index (χ4n) is 2.99. The summed E-state index contributed by atoms with van der Waals surface area (Å²) >= 11 is 1.29. The third-order valence-electron chi connectivity index (χ3n) is 3.89. The number of benzene rings is 1. The summed E-state index contributed by atoms with van der Waals surface area (Å²) in [6.45, 7) is 2.64. The van der Waals surface area contributed by atoms with Gasteiger partial charge in [-0.05, 0) is 13.0 Å². The van der Waals surface area contributed by atoms with Crippen LogP contribution in [-0.2, 0) is 6.54 Å². The average molecular weight is 313 g/mol. The predicted octanol–water partition coefficient (Wildman–Crippen LogP) is 3.34. The van der Waals surface area contributed by atoms with Crippen LogP contribution in [0, 0.1) is 5.41 Å². The van der Waals surface area contributed by atoms with Crippen LogP contribution in [0.25, 0.3) is 15.8 Å². The molecule has 22 heavy (non-hydrogen) atoms. The lowest BCUT2D eigenvalue weighted by Crippen LogP contribution is -2.22. The molecule has 1 aliphatic rings. The molecule has 0 aliphatic heterocycles. The van der Waals surface area contributed by atoms with E-state index in [1.165, 1.54) is 11.3 Å². The molecular formula is C17H19N3OS. The van der Waals surface area contributed by atoms with Gasteiger partial charge in [-0.1, -0.05) is 35.6 Å². The summed E-state index contributed by atoms with van der Waals surface area (Å²) in [4.78, 5) is 14.2. The molecule has 0 bridgehead atoms. The van der Waals surface area contributed by atoms with E-state index in [9.17, 15) is 4.79 Å². The van der Waals surface area contributed by atoms with Gasteiger partial charge in [0.15, 0.2) is 0 Å². The van der Waals surface area contributed by atoms with Gasteiger partial charge in [0, 0.05) is 38.2 Å². The van der Waals surface area contributed by atoms with Gasteiger partial charge in [0.25, 0.3) is 0 Å². The lowest BCUT2D eigenvalue weighted by Gasteiger charge is -2.24. The van der Waals surface area contributed by atoms with E-state index in [2.05, 4.69) is 6.08 Å². The molecule has 1 aromatic carbocycles. The first-order valence-corrected chi connectivity index (χ1v) is 8.15. The van der Waals surface area contributed by atoms with Crippen molar-refractivity contribution < 1.29 is 0 Å². The Balaban J connectivity index is 2.39. The van der Waals surface area contributed by atoms with E-state index in [4.69, 9.17) is 5.41 Å². The van der Waals surface area contributed by atoms with Gasteiger partial charge in [-0.25, -0.2) is 0 Å². The van der Waals surface area contributed by atoms with E-state index < -0.39 is 0 Å².